The maximum absolute atomic E-state index is 13.9. The standard InChI is InChI=1S/C20H26FN3O2/c1-15(25)24-11-4-10-22-13-14-23-12-9-16-7-8-18(20(16)26)17-5-2-3-6-19(17)21/h2-6,11,13,16,18,23H,7-10,12,14H2,1H3,(H,24,25). The topological polar surface area (TPSA) is 70.6 Å². The lowest BCUT2D eigenvalue weighted by molar-refractivity contribution is -0.122. The van der Waals surface area contributed by atoms with E-state index in [0.717, 1.165) is 25.8 Å². The quantitative estimate of drug-likeness (QED) is 0.526. The molecule has 1 aromatic carbocycles. The van der Waals surface area contributed by atoms with E-state index in [-0.39, 0.29) is 29.3 Å². The van der Waals surface area contributed by atoms with Crippen LogP contribution < -0.4 is 10.6 Å². The summed E-state index contributed by atoms with van der Waals surface area (Å²) in [5.74, 6) is -0.518. The number of ketones is 1. The maximum atomic E-state index is 13.9. The lowest BCUT2D eigenvalue weighted by Crippen LogP contribution is -2.22. The van der Waals surface area contributed by atoms with Gasteiger partial charge in [-0.15, -0.1) is 0 Å². The van der Waals surface area contributed by atoms with Crippen molar-refractivity contribution in [2.75, 3.05) is 19.6 Å². The Morgan fingerprint density at radius 3 is 2.92 bits per heavy atom. The van der Waals surface area contributed by atoms with Crippen LogP contribution in [0.4, 0.5) is 4.39 Å². The number of hydrogen-bond acceptors (Lipinski definition) is 4. The van der Waals surface area contributed by atoms with Gasteiger partial charge in [0.1, 0.15) is 11.6 Å². The third kappa shape index (κ3) is 6.19. The molecule has 1 aliphatic carbocycles. The van der Waals surface area contributed by atoms with Crippen molar-refractivity contribution in [2.45, 2.75) is 32.1 Å². The number of halogens is 1. The van der Waals surface area contributed by atoms with E-state index in [1.54, 1.807) is 36.7 Å². The van der Waals surface area contributed by atoms with Gasteiger partial charge in [-0.3, -0.25) is 14.6 Å². The van der Waals surface area contributed by atoms with Gasteiger partial charge >= 0.3 is 0 Å². The van der Waals surface area contributed by atoms with E-state index >= 15 is 0 Å². The fraction of sp³-hybridized carbons (Fsp3) is 0.450. The number of carbonyl (C=O) groups excluding carboxylic acids is 2. The van der Waals surface area contributed by atoms with E-state index < -0.39 is 0 Å². The second kappa shape index (κ2) is 10.6. The third-order valence-corrected chi connectivity index (χ3v) is 4.48. The van der Waals surface area contributed by atoms with E-state index in [1.807, 2.05) is 0 Å². The van der Waals surface area contributed by atoms with Gasteiger partial charge < -0.3 is 10.6 Å². The molecule has 26 heavy (non-hydrogen) atoms. The third-order valence-electron chi connectivity index (χ3n) is 4.48. The smallest absolute Gasteiger partial charge is 0.220 e. The van der Waals surface area contributed by atoms with E-state index in [4.69, 9.17) is 0 Å². The molecule has 0 radical (unpaired) electrons. The second-order valence-electron chi connectivity index (χ2n) is 6.39. The summed E-state index contributed by atoms with van der Waals surface area (Å²) in [6, 6.07) is 6.57. The molecule has 1 aromatic rings. The average molecular weight is 359 g/mol. The van der Waals surface area contributed by atoms with Crippen molar-refractivity contribution in [1.29, 1.82) is 0 Å². The van der Waals surface area contributed by atoms with Crippen LogP contribution in [0.1, 0.15) is 37.7 Å². The number of rotatable bonds is 9. The average Bonchev–Trinajstić information content (AvgIpc) is 2.97. The van der Waals surface area contributed by atoms with E-state index in [9.17, 15) is 14.0 Å². The van der Waals surface area contributed by atoms with Gasteiger partial charge in [0.15, 0.2) is 0 Å². The second-order valence-corrected chi connectivity index (χ2v) is 6.39. The van der Waals surface area contributed by atoms with Crippen LogP contribution in [0.3, 0.4) is 0 Å². The highest BCUT2D eigenvalue weighted by molar-refractivity contribution is 5.89. The molecule has 0 aliphatic heterocycles. The van der Waals surface area contributed by atoms with E-state index in [1.165, 1.54) is 13.0 Å². The minimum Gasteiger partial charge on any atom is -0.333 e. The van der Waals surface area contributed by atoms with Crippen LogP contribution >= 0.6 is 0 Å². The van der Waals surface area contributed by atoms with Gasteiger partial charge in [0.25, 0.3) is 0 Å². The molecule has 5 nitrogen and oxygen atoms in total. The molecule has 1 aliphatic rings. The number of carbonyl (C=O) groups is 2. The van der Waals surface area contributed by atoms with Gasteiger partial charge in [-0.1, -0.05) is 18.2 Å². The molecule has 0 bridgehead atoms. The number of benzene rings is 1. The van der Waals surface area contributed by atoms with Gasteiger partial charge in [-0.2, -0.15) is 0 Å². The lowest BCUT2D eigenvalue weighted by atomic mass is 9.93. The normalized spacial score (nSPS) is 20.3. The predicted molar refractivity (Wildman–Crippen MR) is 101 cm³/mol. The summed E-state index contributed by atoms with van der Waals surface area (Å²) < 4.78 is 13.9. The summed E-state index contributed by atoms with van der Waals surface area (Å²) in [6.45, 7) is 3.32. The first-order valence-corrected chi connectivity index (χ1v) is 8.99. The summed E-state index contributed by atoms with van der Waals surface area (Å²) in [5.41, 5.74) is 0.535. The minimum absolute atomic E-state index is 0.00429. The van der Waals surface area contributed by atoms with Crippen molar-refractivity contribution in [3.05, 3.63) is 47.9 Å². The Labute approximate surface area is 153 Å². The summed E-state index contributed by atoms with van der Waals surface area (Å²) in [4.78, 5) is 27.3. The summed E-state index contributed by atoms with van der Waals surface area (Å²) >= 11 is 0. The molecule has 2 atom stereocenters. The van der Waals surface area contributed by atoms with Gasteiger partial charge in [-0.05, 0) is 43.5 Å². The van der Waals surface area contributed by atoms with Crippen LogP contribution in [-0.4, -0.2) is 37.5 Å². The predicted octanol–water partition coefficient (Wildman–Crippen LogP) is 2.59. The van der Waals surface area contributed by atoms with Gasteiger partial charge in [0, 0.05) is 37.7 Å². The number of aliphatic imine (C=N–C) groups is 1. The Morgan fingerprint density at radius 2 is 2.15 bits per heavy atom. The Kier molecular flexibility index (Phi) is 8.15. The number of nitrogens with one attached hydrogen (secondary N) is 2. The molecule has 140 valence electrons. The van der Waals surface area contributed by atoms with Crippen molar-refractivity contribution in [3.63, 3.8) is 0 Å². The molecule has 0 spiro atoms. The molecule has 0 saturated heterocycles. The Bertz CT molecular complexity index is 673. The largest absolute Gasteiger partial charge is 0.333 e. The molecule has 2 rings (SSSR count). The Hall–Kier alpha value is -2.34. The van der Waals surface area contributed by atoms with Gasteiger partial charge in [-0.25, -0.2) is 4.39 Å². The molecule has 2 unspecified atom stereocenters. The van der Waals surface area contributed by atoms with Crippen LogP contribution in [-0.2, 0) is 9.59 Å². The summed E-state index contributed by atoms with van der Waals surface area (Å²) in [5, 5.41) is 5.79. The van der Waals surface area contributed by atoms with Gasteiger partial charge in [0.05, 0.1) is 6.54 Å². The molecule has 1 saturated carbocycles. The molecule has 1 fully saturated rings. The molecule has 1 amide bonds. The SMILES string of the molecule is CC(=O)NC=CCN=CCNCCC1CCC(c2ccccc2F)C1=O. The molecule has 2 N–H and O–H groups in total. The first-order valence-electron chi connectivity index (χ1n) is 8.99. The summed E-state index contributed by atoms with van der Waals surface area (Å²) in [7, 11) is 0. The van der Waals surface area contributed by atoms with Crippen molar-refractivity contribution < 1.29 is 14.0 Å². The van der Waals surface area contributed by atoms with E-state index in [0.29, 0.717) is 18.7 Å². The van der Waals surface area contributed by atoms with Crippen molar-refractivity contribution in [1.82, 2.24) is 10.6 Å². The monoisotopic (exact) mass is 359 g/mol. The van der Waals surface area contributed by atoms with Crippen LogP contribution in [0.15, 0.2) is 41.5 Å². The highest BCUT2D eigenvalue weighted by atomic mass is 19.1. The molecule has 6 heteroatoms. The Balaban J connectivity index is 1.63. The zero-order valence-electron chi connectivity index (χ0n) is 15.1. The first-order chi connectivity index (χ1) is 12.6. The highest BCUT2D eigenvalue weighted by Crippen LogP contribution is 2.37. The number of nitrogens with zero attached hydrogens (tertiary/aromatic N) is 1. The fourth-order valence-electron chi connectivity index (χ4n) is 3.16. The zero-order valence-corrected chi connectivity index (χ0v) is 15.1. The lowest BCUT2D eigenvalue weighted by Gasteiger charge is -2.12. The first kappa shape index (κ1) is 20.0. The number of hydrogen-bond donors (Lipinski definition) is 2. The van der Waals surface area contributed by atoms with Crippen LogP contribution in [0.2, 0.25) is 0 Å². The van der Waals surface area contributed by atoms with E-state index in [2.05, 4.69) is 15.6 Å². The van der Waals surface area contributed by atoms with Crippen LogP contribution in [0.5, 0.6) is 0 Å². The van der Waals surface area contributed by atoms with Crippen molar-refractivity contribution >= 4 is 17.9 Å². The molecule has 0 aromatic heterocycles. The Morgan fingerprint density at radius 1 is 1.35 bits per heavy atom. The molecular weight excluding hydrogens is 333 g/mol. The van der Waals surface area contributed by atoms with Crippen molar-refractivity contribution in [3.8, 4) is 0 Å². The minimum atomic E-state index is -0.293. The highest BCUT2D eigenvalue weighted by Gasteiger charge is 2.35. The molecular formula is C20H26FN3O2. The molecule has 0 heterocycles. The maximum Gasteiger partial charge on any atom is 0.220 e. The zero-order chi connectivity index (χ0) is 18.8. The van der Waals surface area contributed by atoms with Crippen LogP contribution in [0, 0.1) is 11.7 Å². The fourth-order valence-corrected chi connectivity index (χ4v) is 3.16. The number of amides is 1. The summed E-state index contributed by atoms with van der Waals surface area (Å²) in [6.07, 6.45) is 7.42. The number of Topliss-reactive ketones (excluding diaryl/α,β-unsaturated/α-hetero) is 1. The van der Waals surface area contributed by atoms with Crippen LogP contribution in [0.25, 0.3) is 0 Å². The van der Waals surface area contributed by atoms with Gasteiger partial charge in [0.2, 0.25) is 5.91 Å². The van der Waals surface area contributed by atoms with Crippen molar-refractivity contribution in [2.24, 2.45) is 10.9 Å².